The number of rotatable bonds is 9. The molecule has 1 rings (SSSR count). The highest BCUT2D eigenvalue weighted by molar-refractivity contribution is 4.94. The lowest BCUT2D eigenvalue weighted by molar-refractivity contribution is 0.163. The second-order valence-corrected chi connectivity index (χ2v) is 5.07. The Morgan fingerprint density at radius 3 is 2.13 bits per heavy atom. The SMILES string of the molecule is CCCCCCCCC1([N]CC)CCC1. The van der Waals surface area contributed by atoms with Crippen LogP contribution in [0.2, 0.25) is 0 Å². The predicted octanol–water partition coefficient (Wildman–Crippen LogP) is 4.28. The van der Waals surface area contributed by atoms with E-state index in [-0.39, 0.29) is 0 Å². The highest BCUT2D eigenvalue weighted by Gasteiger charge is 2.36. The summed E-state index contributed by atoms with van der Waals surface area (Å²) >= 11 is 0. The average Bonchev–Trinajstić information content (AvgIpc) is 2.19. The molecule has 15 heavy (non-hydrogen) atoms. The van der Waals surface area contributed by atoms with Gasteiger partial charge in [0, 0.05) is 12.1 Å². The van der Waals surface area contributed by atoms with Gasteiger partial charge in [-0.05, 0) is 25.7 Å². The van der Waals surface area contributed by atoms with E-state index in [2.05, 4.69) is 13.8 Å². The van der Waals surface area contributed by atoms with Gasteiger partial charge in [-0.1, -0.05) is 52.4 Å². The van der Waals surface area contributed by atoms with Gasteiger partial charge in [0.25, 0.3) is 0 Å². The summed E-state index contributed by atoms with van der Waals surface area (Å²) in [6, 6.07) is 0. The van der Waals surface area contributed by atoms with Crippen molar-refractivity contribution in [2.75, 3.05) is 6.54 Å². The summed E-state index contributed by atoms with van der Waals surface area (Å²) in [6.07, 6.45) is 14.0. The van der Waals surface area contributed by atoms with Crippen molar-refractivity contribution in [1.82, 2.24) is 5.32 Å². The van der Waals surface area contributed by atoms with Crippen LogP contribution in [0.1, 0.15) is 78.1 Å². The fourth-order valence-corrected chi connectivity index (χ4v) is 2.64. The summed E-state index contributed by atoms with van der Waals surface area (Å²) in [4.78, 5) is 0. The molecule has 0 heterocycles. The number of nitrogens with zero attached hydrogens (tertiary/aromatic N) is 1. The Morgan fingerprint density at radius 1 is 0.933 bits per heavy atom. The molecule has 1 aliphatic rings. The second-order valence-electron chi connectivity index (χ2n) is 5.07. The standard InChI is InChI=1S/C14H28N/c1-3-5-6-7-8-9-11-14(15-4-2)12-10-13-14/h3-13H2,1-2H3. The Kier molecular flexibility index (Phi) is 6.31. The molecule has 1 fully saturated rings. The average molecular weight is 210 g/mol. The zero-order chi connectivity index (χ0) is 11.0. The van der Waals surface area contributed by atoms with E-state index in [1.165, 1.54) is 64.2 Å². The number of hydrogen-bond acceptors (Lipinski definition) is 0. The number of hydrogen-bond donors (Lipinski definition) is 0. The van der Waals surface area contributed by atoms with Gasteiger partial charge in [-0.15, -0.1) is 0 Å². The van der Waals surface area contributed by atoms with Crippen LogP contribution < -0.4 is 5.32 Å². The van der Waals surface area contributed by atoms with Gasteiger partial charge >= 0.3 is 0 Å². The number of unbranched alkanes of at least 4 members (excludes halogenated alkanes) is 5. The van der Waals surface area contributed by atoms with E-state index in [0.29, 0.717) is 5.54 Å². The molecule has 0 amide bonds. The highest BCUT2D eigenvalue weighted by atomic mass is 15.0. The molecule has 0 aromatic rings. The third-order valence-electron chi connectivity index (χ3n) is 3.77. The van der Waals surface area contributed by atoms with Crippen LogP contribution in [0.3, 0.4) is 0 Å². The van der Waals surface area contributed by atoms with Crippen LogP contribution in [-0.4, -0.2) is 12.1 Å². The monoisotopic (exact) mass is 210 g/mol. The molecular formula is C14H28N. The van der Waals surface area contributed by atoms with Crippen molar-refractivity contribution in [3.05, 3.63) is 0 Å². The molecule has 1 aliphatic carbocycles. The topological polar surface area (TPSA) is 14.1 Å². The van der Waals surface area contributed by atoms with E-state index < -0.39 is 0 Å². The molecule has 0 aromatic carbocycles. The fourth-order valence-electron chi connectivity index (χ4n) is 2.64. The van der Waals surface area contributed by atoms with Crippen LogP contribution >= 0.6 is 0 Å². The minimum Gasteiger partial charge on any atom is -0.235 e. The van der Waals surface area contributed by atoms with Gasteiger partial charge in [0.15, 0.2) is 0 Å². The largest absolute Gasteiger partial charge is 0.235 e. The smallest absolute Gasteiger partial charge is 0.0356 e. The van der Waals surface area contributed by atoms with Crippen LogP contribution in [0, 0.1) is 0 Å². The molecule has 89 valence electrons. The maximum Gasteiger partial charge on any atom is 0.0356 e. The normalized spacial score (nSPS) is 18.8. The molecule has 0 saturated heterocycles. The van der Waals surface area contributed by atoms with E-state index in [0.717, 1.165) is 6.54 Å². The Balaban J connectivity index is 1.98. The molecule has 1 radical (unpaired) electrons. The first-order chi connectivity index (χ1) is 7.33. The van der Waals surface area contributed by atoms with Gasteiger partial charge in [0.05, 0.1) is 0 Å². The van der Waals surface area contributed by atoms with Crippen molar-refractivity contribution in [2.24, 2.45) is 0 Å². The van der Waals surface area contributed by atoms with Crippen LogP contribution in [0.15, 0.2) is 0 Å². The summed E-state index contributed by atoms with van der Waals surface area (Å²) in [5.74, 6) is 0. The van der Waals surface area contributed by atoms with Gasteiger partial charge in [-0.2, -0.15) is 0 Å². The van der Waals surface area contributed by atoms with Crippen molar-refractivity contribution in [1.29, 1.82) is 0 Å². The summed E-state index contributed by atoms with van der Waals surface area (Å²) < 4.78 is 0. The van der Waals surface area contributed by atoms with Crippen molar-refractivity contribution in [3.63, 3.8) is 0 Å². The summed E-state index contributed by atoms with van der Waals surface area (Å²) in [7, 11) is 0. The maximum atomic E-state index is 4.80. The van der Waals surface area contributed by atoms with E-state index >= 15 is 0 Å². The van der Waals surface area contributed by atoms with Gasteiger partial charge in [-0.3, -0.25) is 0 Å². The predicted molar refractivity (Wildman–Crippen MR) is 67.3 cm³/mol. The van der Waals surface area contributed by atoms with Crippen molar-refractivity contribution < 1.29 is 0 Å². The lowest BCUT2D eigenvalue weighted by atomic mass is 9.73. The highest BCUT2D eigenvalue weighted by Crippen LogP contribution is 2.37. The molecule has 1 saturated carbocycles. The molecular weight excluding hydrogens is 182 g/mol. The van der Waals surface area contributed by atoms with E-state index in [9.17, 15) is 0 Å². The van der Waals surface area contributed by atoms with Crippen molar-refractivity contribution in [2.45, 2.75) is 83.6 Å². The first kappa shape index (κ1) is 13.0. The van der Waals surface area contributed by atoms with Crippen LogP contribution in [0.5, 0.6) is 0 Å². The van der Waals surface area contributed by atoms with Gasteiger partial charge < -0.3 is 0 Å². The molecule has 0 N–H and O–H groups in total. The molecule has 0 spiro atoms. The lowest BCUT2D eigenvalue weighted by Gasteiger charge is -2.41. The molecule has 0 atom stereocenters. The summed E-state index contributed by atoms with van der Waals surface area (Å²) in [5, 5.41) is 4.80. The van der Waals surface area contributed by atoms with Gasteiger partial charge in [0.2, 0.25) is 0 Å². The van der Waals surface area contributed by atoms with E-state index in [4.69, 9.17) is 5.32 Å². The van der Waals surface area contributed by atoms with Crippen molar-refractivity contribution >= 4 is 0 Å². The fraction of sp³-hybridized carbons (Fsp3) is 1.00. The summed E-state index contributed by atoms with van der Waals surface area (Å²) in [6.45, 7) is 5.49. The third kappa shape index (κ3) is 4.55. The zero-order valence-corrected chi connectivity index (χ0v) is 10.7. The molecule has 0 bridgehead atoms. The van der Waals surface area contributed by atoms with Gasteiger partial charge in [0.1, 0.15) is 0 Å². The Labute approximate surface area is 96.0 Å². The molecule has 0 aliphatic heterocycles. The first-order valence-corrected chi connectivity index (χ1v) is 7.01. The molecule has 1 heteroatoms. The molecule has 0 unspecified atom stereocenters. The van der Waals surface area contributed by atoms with E-state index in [1.54, 1.807) is 0 Å². The lowest BCUT2D eigenvalue weighted by Crippen LogP contribution is -2.46. The zero-order valence-electron chi connectivity index (χ0n) is 10.7. The first-order valence-electron chi connectivity index (χ1n) is 7.01. The van der Waals surface area contributed by atoms with Crippen LogP contribution in [0.4, 0.5) is 0 Å². The molecule has 0 aromatic heterocycles. The van der Waals surface area contributed by atoms with Crippen molar-refractivity contribution in [3.8, 4) is 0 Å². The third-order valence-corrected chi connectivity index (χ3v) is 3.77. The second kappa shape index (κ2) is 7.27. The summed E-state index contributed by atoms with van der Waals surface area (Å²) in [5.41, 5.74) is 0.444. The van der Waals surface area contributed by atoms with Crippen LogP contribution in [-0.2, 0) is 0 Å². The molecule has 1 nitrogen and oxygen atoms in total. The maximum absolute atomic E-state index is 4.80. The minimum atomic E-state index is 0.444. The Morgan fingerprint density at radius 2 is 1.60 bits per heavy atom. The van der Waals surface area contributed by atoms with E-state index in [1.807, 2.05) is 0 Å². The van der Waals surface area contributed by atoms with Crippen LogP contribution in [0.25, 0.3) is 0 Å². The quantitative estimate of drug-likeness (QED) is 0.504. The minimum absolute atomic E-state index is 0.444. The Bertz CT molecular complexity index is 149. The Hall–Kier alpha value is -0.0400. The van der Waals surface area contributed by atoms with Gasteiger partial charge in [-0.25, -0.2) is 5.32 Å².